The predicted molar refractivity (Wildman–Crippen MR) is 46.6 cm³/mol. The second kappa shape index (κ2) is 7.43. The van der Waals surface area contributed by atoms with Gasteiger partial charge in [0, 0.05) is 4.43 Å². The maximum absolute atomic E-state index is 3.07. The molecule has 0 spiro atoms. The molecule has 0 saturated heterocycles. The van der Waals surface area contributed by atoms with Gasteiger partial charge in [0.1, 0.15) is 0 Å². The van der Waals surface area contributed by atoms with E-state index < -0.39 is 0 Å². The lowest BCUT2D eigenvalue weighted by Crippen LogP contribution is -2.05. The molecule has 0 amide bonds. The highest BCUT2D eigenvalue weighted by molar-refractivity contribution is 14.1. The third-order valence-corrected chi connectivity index (χ3v) is 1.33. The summed E-state index contributed by atoms with van der Waals surface area (Å²) in [6.07, 6.45) is 5.53. The van der Waals surface area contributed by atoms with Crippen LogP contribution in [0.5, 0.6) is 0 Å². The number of halogens is 1. The molecule has 2 heteroatoms. The van der Waals surface area contributed by atoms with Crippen LogP contribution >= 0.6 is 22.6 Å². The van der Waals surface area contributed by atoms with Gasteiger partial charge in [0.05, 0.1) is 0 Å². The van der Waals surface area contributed by atoms with Crippen LogP contribution in [-0.4, -0.2) is 18.0 Å². The van der Waals surface area contributed by atoms with Crippen LogP contribution in [0.2, 0.25) is 0 Å². The SMILES string of the molecule is CNCC/C=C/CI. The van der Waals surface area contributed by atoms with Crippen molar-refractivity contribution in [2.24, 2.45) is 0 Å². The second-order valence-corrected chi connectivity index (χ2v) is 2.40. The molecule has 0 saturated carbocycles. The number of hydrogen-bond donors (Lipinski definition) is 1. The van der Waals surface area contributed by atoms with Crippen molar-refractivity contribution in [3.8, 4) is 0 Å². The summed E-state index contributed by atoms with van der Waals surface area (Å²) < 4.78 is 1.13. The topological polar surface area (TPSA) is 12.0 Å². The molecule has 8 heavy (non-hydrogen) atoms. The van der Waals surface area contributed by atoms with E-state index in [0.717, 1.165) is 17.4 Å². The zero-order valence-corrected chi connectivity index (χ0v) is 7.31. The Hall–Kier alpha value is 0.430. The molecule has 0 aromatic rings. The van der Waals surface area contributed by atoms with Crippen molar-refractivity contribution < 1.29 is 0 Å². The first-order chi connectivity index (χ1) is 3.91. The van der Waals surface area contributed by atoms with Crippen LogP contribution < -0.4 is 5.32 Å². The van der Waals surface area contributed by atoms with Gasteiger partial charge in [0.15, 0.2) is 0 Å². The van der Waals surface area contributed by atoms with E-state index in [9.17, 15) is 0 Å². The Labute approximate surface area is 64.7 Å². The molecular formula is C6H12IN. The molecule has 0 heterocycles. The van der Waals surface area contributed by atoms with Crippen LogP contribution in [0.4, 0.5) is 0 Å². The Bertz CT molecular complexity index is 61.5. The smallest absolute Gasteiger partial charge is 0.0175 e. The molecule has 0 unspecified atom stereocenters. The standard InChI is InChI=1S/C6H12IN/c1-8-6-4-2-3-5-7/h2-3,8H,4-6H2,1H3/b3-2+. The van der Waals surface area contributed by atoms with Crippen LogP contribution in [0.25, 0.3) is 0 Å². The average Bonchev–Trinajstić information content (AvgIpc) is 1.81. The highest BCUT2D eigenvalue weighted by atomic mass is 127. The van der Waals surface area contributed by atoms with E-state index in [1.54, 1.807) is 0 Å². The molecule has 0 bridgehead atoms. The van der Waals surface area contributed by atoms with Crippen LogP contribution in [0.15, 0.2) is 12.2 Å². The van der Waals surface area contributed by atoms with Gasteiger partial charge >= 0.3 is 0 Å². The van der Waals surface area contributed by atoms with Crippen molar-refractivity contribution >= 4 is 22.6 Å². The summed E-state index contributed by atoms with van der Waals surface area (Å²) in [5.41, 5.74) is 0. The summed E-state index contributed by atoms with van der Waals surface area (Å²) in [6.45, 7) is 1.09. The molecule has 0 aliphatic rings. The first-order valence-electron chi connectivity index (χ1n) is 2.77. The maximum atomic E-state index is 3.07. The Kier molecular flexibility index (Phi) is 7.83. The van der Waals surface area contributed by atoms with Crippen LogP contribution in [0, 0.1) is 0 Å². The highest BCUT2D eigenvalue weighted by Gasteiger charge is 1.73. The van der Waals surface area contributed by atoms with Crippen molar-refractivity contribution in [2.45, 2.75) is 6.42 Å². The zero-order chi connectivity index (χ0) is 6.24. The average molecular weight is 225 g/mol. The quantitative estimate of drug-likeness (QED) is 0.331. The molecule has 1 N–H and O–H groups in total. The molecule has 0 aromatic carbocycles. The van der Waals surface area contributed by atoms with Gasteiger partial charge in [-0.3, -0.25) is 0 Å². The minimum absolute atomic E-state index is 1.09. The van der Waals surface area contributed by atoms with Gasteiger partial charge in [0.25, 0.3) is 0 Å². The van der Waals surface area contributed by atoms with Crippen LogP contribution in [0.1, 0.15) is 6.42 Å². The normalized spacial score (nSPS) is 10.8. The maximum Gasteiger partial charge on any atom is 0.0175 e. The summed E-state index contributed by atoms with van der Waals surface area (Å²) >= 11 is 2.33. The summed E-state index contributed by atoms with van der Waals surface area (Å²) in [5.74, 6) is 0. The fourth-order valence-corrected chi connectivity index (χ4v) is 0.768. The monoisotopic (exact) mass is 225 g/mol. The van der Waals surface area contributed by atoms with Crippen molar-refractivity contribution in [3.63, 3.8) is 0 Å². The van der Waals surface area contributed by atoms with Gasteiger partial charge in [-0.25, -0.2) is 0 Å². The third kappa shape index (κ3) is 6.43. The number of nitrogens with one attached hydrogen (secondary N) is 1. The van der Waals surface area contributed by atoms with Crippen molar-refractivity contribution in [1.82, 2.24) is 5.32 Å². The lowest BCUT2D eigenvalue weighted by Gasteiger charge is -1.88. The molecule has 0 atom stereocenters. The molecule has 1 nitrogen and oxygen atoms in total. The summed E-state index contributed by atoms with van der Waals surface area (Å²) in [4.78, 5) is 0. The Balaban J connectivity index is 2.80. The van der Waals surface area contributed by atoms with Gasteiger partial charge in [-0.15, -0.1) is 0 Å². The minimum atomic E-state index is 1.09. The summed E-state index contributed by atoms with van der Waals surface area (Å²) in [5, 5.41) is 3.07. The Morgan fingerprint density at radius 3 is 2.75 bits per heavy atom. The van der Waals surface area contributed by atoms with E-state index >= 15 is 0 Å². The summed E-state index contributed by atoms with van der Waals surface area (Å²) in [7, 11) is 1.97. The second-order valence-electron chi connectivity index (χ2n) is 1.52. The molecule has 0 aliphatic heterocycles. The number of allylic oxidation sites excluding steroid dienone is 1. The lowest BCUT2D eigenvalue weighted by molar-refractivity contribution is 0.807. The van der Waals surface area contributed by atoms with Gasteiger partial charge in [-0.2, -0.15) is 0 Å². The van der Waals surface area contributed by atoms with E-state index in [1.165, 1.54) is 0 Å². The number of rotatable bonds is 4. The molecule has 0 fully saturated rings. The number of alkyl halides is 1. The first kappa shape index (κ1) is 8.43. The Morgan fingerprint density at radius 1 is 1.50 bits per heavy atom. The van der Waals surface area contributed by atoms with E-state index in [1.807, 2.05) is 7.05 Å². The third-order valence-electron chi connectivity index (χ3n) is 0.817. The molecule has 48 valence electrons. The van der Waals surface area contributed by atoms with E-state index in [2.05, 4.69) is 40.1 Å². The van der Waals surface area contributed by atoms with Crippen molar-refractivity contribution in [1.29, 1.82) is 0 Å². The van der Waals surface area contributed by atoms with Crippen LogP contribution in [-0.2, 0) is 0 Å². The minimum Gasteiger partial charge on any atom is -0.319 e. The van der Waals surface area contributed by atoms with Gasteiger partial charge in [0.2, 0.25) is 0 Å². The largest absolute Gasteiger partial charge is 0.319 e. The summed E-state index contributed by atoms with van der Waals surface area (Å²) in [6, 6.07) is 0. The van der Waals surface area contributed by atoms with Gasteiger partial charge in [-0.1, -0.05) is 34.7 Å². The van der Waals surface area contributed by atoms with Crippen molar-refractivity contribution in [3.05, 3.63) is 12.2 Å². The number of hydrogen-bond acceptors (Lipinski definition) is 1. The van der Waals surface area contributed by atoms with Gasteiger partial charge in [-0.05, 0) is 20.0 Å². The highest BCUT2D eigenvalue weighted by Crippen LogP contribution is 1.84. The molecule has 0 aliphatic carbocycles. The van der Waals surface area contributed by atoms with E-state index in [-0.39, 0.29) is 0 Å². The van der Waals surface area contributed by atoms with E-state index in [0.29, 0.717) is 0 Å². The molecule has 0 aromatic heterocycles. The van der Waals surface area contributed by atoms with Gasteiger partial charge < -0.3 is 5.32 Å². The molecule has 0 rings (SSSR count). The Morgan fingerprint density at radius 2 is 2.25 bits per heavy atom. The molecule has 0 radical (unpaired) electrons. The van der Waals surface area contributed by atoms with E-state index in [4.69, 9.17) is 0 Å². The fraction of sp³-hybridized carbons (Fsp3) is 0.667. The van der Waals surface area contributed by atoms with Crippen LogP contribution in [0.3, 0.4) is 0 Å². The zero-order valence-electron chi connectivity index (χ0n) is 5.15. The predicted octanol–water partition coefficient (Wildman–Crippen LogP) is 1.59. The lowest BCUT2D eigenvalue weighted by atomic mass is 10.4. The molecular weight excluding hydrogens is 213 g/mol. The fourth-order valence-electron chi connectivity index (χ4n) is 0.409. The first-order valence-corrected chi connectivity index (χ1v) is 4.30. The van der Waals surface area contributed by atoms with Crippen molar-refractivity contribution in [2.75, 3.05) is 18.0 Å².